The maximum atomic E-state index is 3.89. The van der Waals surface area contributed by atoms with Crippen LogP contribution in [0.2, 0.25) is 0 Å². The Morgan fingerprint density at radius 2 is 1.72 bits per heavy atom. The van der Waals surface area contributed by atoms with Crippen LogP contribution in [0.4, 0.5) is 0 Å². The molecule has 2 nitrogen and oxygen atoms in total. The summed E-state index contributed by atoms with van der Waals surface area (Å²) < 4.78 is 0. The summed E-state index contributed by atoms with van der Waals surface area (Å²) in [6.07, 6.45) is 10.8. The van der Waals surface area contributed by atoms with E-state index in [2.05, 4.69) is 31.0 Å². The molecular formula is C16H34N2. The zero-order chi connectivity index (χ0) is 13.2. The molecule has 0 spiro atoms. The summed E-state index contributed by atoms with van der Waals surface area (Å²) in [5.74, 6) is 0. The summed E-state index contributed by atoms with van der Waals surface area (Å²) in [5, 5.41) is 3.89. The van der Waals surface area contributed by atoms with Gasteiger partial charge in [0.1, 0.15) is 0 Å². The molecule has 1 rings (SSSR count). The summed E-state index contributed by atoms with van der Waals surface area (Å²) in [4.78, 5) is 2.65. The molecule has 0 amide bonds. The number of hydrogen-bond acceptors (Lipinski definition) is 2. The number of piperidine rings is 1. The van der Waals surface area contributed by atoms with Gasteiger partial charge in [0, 0.05) is 12.1 Å². The number of nitrogens with one attached hydrogen (secondary N) is 1. The Morgan fingerprint density at radius 3 is 2.28 bits per heavy atom. The van der Waals surface area contributed by atoms with Crippen LogP contribution in [0.5, 0.6) is 0 Å². The summed E-state index contributed by atoms with van der Waals surface area (Å²) >= 11 is 0. The van der Waals surface area contributed by atoms with Gasteiger partial charge in [0.15, 0.2) is 0 Å². The third-order valence-electron chi connectivity index (χ3n) is 4.29. The first-order valence-corrected chi connectivity index (χ1v) is 8.28. The molecule has 108 valence electrons. The van der Waals surface area contributed by atoms with Gasteiger partial charge < -0.3 is 10.2 Å². The molecule has 18 heavy (non-hydrogen) atoms. The first-order chi connectivity index (χ1) is 8.80. The summed E-state index contributed by atoms with van der Waals surface area (Å²) in [5.41, 5.74) is 0. The minimum atomic E-state index is 0.761. The monoisotopic (exact) mass is 254 g/mol. The quantitative estimate of drug-likeness (QED) is 0.673. The van der Waals surface area contributed by atoms with E-state index >= 15 is 0 Å². The van der Waals surface area contributed by atoms with E-state index in [1.54, 1.807) is 0 Å². The molecule has 1 aliphatic rings. The lowest BCUT2D eigenvalue weighted by molar-refractivity contribution is 0.186. The second-order valence-corrected chi connectivity index (χ2v) is 5.88. The molecular weight excluding hydrogens is 220 g/mol. The molecule has 1 fully saturated rings. The number of rotatable bonds is 9. The predicted molar refractivity (Wildman–Crippen MR) is 81.1 cm³/mol. The van der Waals surface area contributed by atoms with Crippen molar-refractivity contribution in [2.24, 2.45) is 0 Å². The van der Waals surface area contributed by atoms with Gasteiger partial charge in [-0.3, -0.25) is 0 Å². The fraction of sp³-hybridized carbons (Fsp3) is 1.00. The lowest BCUT2D eigenvalue weighted by Crippen LogP contribution is -2.46. The van der Waals surface area contributed by atoms with Crippen LogP contribution in [0.1, 0.15) is 72.1 Å². The van der Waals surface area contributed by atoms with Gasteiger partial charge in [0.2, 0.25) is 0 Å². The highest BCUT2D eigenvalue weighted by Gasteiger charge is 2.20. The molecule has 1 N–H and O–H groups in total. The van der Waals surface area contributed by atoms with E-state index in [0.29, 0.717) is 0 Å². The first-order valence-electron chi connectivity index (χ1n) is 8.28. The topological polar surface area (TPSA) is 15.3 Å². The van der Waals surface area contributed by atoms with Gasteiger partial charge >= 0.3 is 0 Å². The van der Waals surface area contributed by atoms with Crippen LogP contribution >= 0.6 is 0 Å². The molecule has 0 bridgehead atoms. The molecule has 1 saturated heterocycles. The number of hydrogen-bond donors (Lipinski definition) is 1. The van der Waals surface area contributed by atoms with E-state index in [9.17, 15) is 0 Å². The molecule has 1 unspecified atom stereocenters. The minimum Gasteiger partial charge on any atom is -0.311 e. The SMILES string of the molecule is CCCCC(CC)NC1CCN(CCCC)CC1. The molecule has 0 aliphatic carbocycles. The van der Waals surface area contributed by atoms with Crippen molar-refractivity contribution in [3.05, 3.63) is 0 Å². The van der Waals surface area contributed by atoms with Gasteiger partial charge in [0.25, 0.3) is 0 Å². The van der Waals surface area contributed by atoms with Crippen molar-refractivity contribution in [3.8, 4) is 0 Å². The number of unbranched alkanes of at least 4 members (excludes halogenated alkanes) is 2. The van der Waals surface area contributed by atoms with E-state index in [1.165, 1.54) is 71.0 Å². The largest absolute Gasteiger partial charge is 0.311 e. The summed E-state index contributed by atoms with van der Waals surface area (Å²) in [6, 6.07) is 1.54. The van der Waals surface area contributed by atoms with Crippen molar-refractivity contribution in [1.29, 1.82) is 0 Å². The zero-order valence-electron chi connectivity index (χ0n) is 12.9. The third-order valence-corrected chi connectivity index (χ3v) is 4.29. The van der Waals surface area contributed by atoms with Crippen molar-refractivity contribution in [2.45, 2.75) is 84.2 Å². The molecule has 0 saturated carbocycles. The maximum Gasteiger partial charge on any atom is 0.00939 e. The van der Waals surface area contributed by atoms with Gasteiger partial charge in [-0.05, 0) is 51.7 Å². The second kappa shape index (κ2) is 9.80. The van der Waals surface area contributed by atoms with Crippen molar-refractivity contribution < 1.29 is 0 Å². The van der Waals surface area contributed by atoms with Crippen molar-refractivity contribution in [1.82, 2.24) is 10.2 Å². The molecule has 0 aromatic rings. The fourth-order valence-electron chi connectivity index (χ4n) is 2.89. The highest BCUT2D eigenvalue weighted by atomic mass is 15.1. The highest BCUT2D eigenvalue weighted by molar-refractivity contribution is 4.80. The Hall–Kier alpha value is -0.0800. The van der Waals surface area contributed by atoms with Gasteiger partial charge in [-0.25, -0.2) is 0 Å². The average Bonchev–Trinajstić information content (AvgIpc) is 2.42. The van der Waals surface area contributed by atoms with Crippen molar-refractivity contribution >= 4 is 0 Å². The molecule has 2 heteroatoms. The molecule has 1 atom stereocenters. The van der Waals surface area contributed by atoms with Gasteiger partial charge in [-0.1, -0.05) is 40.0 Å². The van der Waals surface area contributed by atoms with E-state index in [4.69, 9.17) is 0 Å². The molecule has 0 aromatic carbocycles. The Kier molecular flexibility index (Phi) is 8.70. The second-order valence-electron chi connectivity index (χ2n) is 5.88. The molecule has 1 aliphatic heterocycles. The zero-order valence-corrected chi connectivity index (χ0v) is 12.9. The van der Waals surface area contributed by atoms with Gasteiger partial charge in [0.05, 0.1) is 0 Å². The van der Waals surface area contributed by atoms with Gasteiger partial charge in [-0.15, -0.1) is 0 Å². The molecule has 1 heterocycles. The Bertz CT molecular complexity index is 186. The first kappa shape index (κ1) is 16.0. The average molecular weight is 254 g/mol. The normalized spacial score (nSPS) is 20.2. The summed E-state index contributed by atoms with van der Waals surface area (Å²) in [6.45, 7) is 10.8. The Balaban J connectivity index is 2.17. The van der Waals surface area contributed by atoms with E-state index in [0.717, 1.165) is 12.1 Å². The van der Waals surface area contributed by atoms with Crippen LogP contribution in [-0.2, 0) is 0 Å². The predicted octanol–water partition coefficient (Wildman–Crippen LogP) is 3.81. The third kappa shape index (κ3) is 6.19. The van der Waals surface area contributed by atoms with E-state index in [1.807, 2.05) is 0 Å². The van der Waals surface area contributed by atoms with Gasteiger partial charge in [-0.2, -0.15) is 0 Å². The van der Waals surface area contributed by atoms with Crippen LogP contribution in [0.3, 0.4) is 0 Å². The van der Waals surface area contributed by atoms with E-state index < -0.39 is 0 Å². The van der Waals surface area contributed by atoms with Crippen LogP contribution in [0.25, 0.3) is 0 Å². The molecule has 0 radical (unpaired) electrons. The van der Waals surface area contributed by atoms with Crippen molar-refractivity contribution in [2.75, 3.05) is 19.6 Å². The number of likely N-dealkylation sites (tertiary alicyclic amines) is 1. The molecule has 0 aromatic heterocycles. The minimum absolute atomic E-state index is 0.761. The number of nitrogens with zero attached hydrogens (tertiary/aromatic N) is 1. The Morgan fingerprint density at radius 1 is 1.06 bits per heavy atom. The Labute approximate surface area is 115 Å². The standard InChI is InChI=1S/C16H34N2/c1-4-7-9-15(6-3)17-16-10-13-18(14-11-16)12-8-5-2/h15-17H,4-14H2,1-3H3. The highest BCUT2D eigenvalue weighted by Crippen LogP contribution is 2.14. The summed E-state index contributed by atoms with van der Waals surface area (Å²) in [7, 11) is 0. The lowest BCUT2D eigenvalue weighted by Gasteiger charge is -2.34. The van der Waals surface area contributed by atoms with Crippen LogP contribution in [0, 0.1) is 0 Å². The fourth-order valence-corrected chi connectivity index (χ4v) is 2.89. The van der Waals surface area contributed by atoms with E-state index in [-0.39, 0.29) is 0 Å². The maximum absolute atomic E-state index is 3.89. The van der Waals surface area contributed by atoms with Crippen LogP contribution < -0.4 is 5.32 Å². The smallest absolute Gasteiger partial charge is 0.00939 e. The van der Waals surface area contributed by atoms with Crippen LogP contribution in [0.15, 0.2) is 0 Å². The lowest BCUT2D eigenvalue weighted by atomic mass is 10.0. The van der Waals surface area contributed by atoms with Crippen LogP contribution in [-0.4, -0.2) is 36.6 Å². The van der Waals surface area contributed by atoms with Crippen molar-refractivity contribution in [3.63, 3.8) is 0 Å².